The van der Waals surface area contributed by atoms with Gasteiger partial charge in [0.2, 0.25) is 9.70 Å². The van der Waals surface area contributed by atoms with Crippen molar-refractivity contribution in [2.24, 2.45) is 0 Å². The zero-order valence-electron chi connectivity index (χ0n) is 17.1. The molecule has 0 aliphatic carbocycles. The zero-order valence-corrected chi connectivity index (χ0v) is 20.2. The zero-order chi connectivity index (χ0) is 23.8. The van der Waals surface area contributed by atoms with Crippen molar-refractivity contribution in [3.05, 3.63) is 102 Å². The molecule has 9 heteroatoms. The first kappa shape index (κ1) is 24.8. The molecule has 0 saturated heterocycles. The number of amides is 1. The van der Waals surface area contributed by atoms with E-state index >= 15 is 0 Å². The fourth-order valence-corrected chi connectivity index (χ4v) is 3.74. The number of hydrogen-bond donors (Lipinski definition) is 3. The molecule has 0 fully saturated rings. The highest BCUT2D eigenvalue weighted by molar-refractivity contribution is 7.80. The molecule has 0 aliphatic rings. The maximum Gasteiger partial charge on any atom is 0.233 e. The number of rotatable bonds is 6. The van der Waals surface area contributed by atoms with Crippen molar-refractivity contribution in [3.8, 4) is 6.07 Å². The van der Waals surface area contributed by atoms with Crippen LogP contribution in [0.1, 0.15) is 22.6 Å². The molecule has 3 aromatic rings. The lowest BCUT2D eigenvalue weighted by Crippen LogP contribution is -2.57. The maximum atomic E-state index is 13.4. The van der Waals surface area contributed by atoms with Crippen LogP contribution in [0.15, 0.2) is 84.9 Å². The molecule has 1 atom stereocenters. The van der Waals surface area contributed by atoms with Crippen LogP contribution in [0.25, 0.3) is 0 Å². The van der Waals surface area contributed by atoms with Gasteiger partial charge in [0.25, 0.3) is 0 Å². The van der Waals surface area contributed by atoms with E-state index < -0.39 is 15.9 Å². The normalized spacial score (nSPS) is 11.8. The molecular weight excluding hydrogens is 499 g/mol. The molecule has 3 N–H and O–H groups in total. The summed E-state index contributed by atoms with van der Waals surface area (Å²) in [5.41, 5.74) is 2.62. The molecule has 3 aromatic carbocycles. The fourth-order valence-electron chi connectivity index (χ4n) is 3.18. The molecule has 0 spiro atoms. The van der Waals surface area contributed by atoms with E-state index in [4.69, 9.17) is 52.3 Å². The van der Waals surface area contributed by atoms with Crippen LogP contribution in [0.4, 0.5) is 5.69 Å². The number of anilines is 1. The first-order valence-corrected chi connectivity index (χ1v) is 11.4. The highest BCUT2D eigenvalue weighted by atomic mass is 35.6. The molecule has 0 saturated carbocycles. The number of nitrogens with one attached hydrogen (secondary N) is 3. The van der Waals surface area contributed by atoms with Crippen LogP contribution in [0.5, 0.6) is 0 Å². The minimum absolute atomic E-state index is 0.109. The molecule has 0 bridgehead atoms. The van der Waals surface area contributed by atoms with Crippen molar-refractivity contribution >= 4 is 63.7 Å². The van der Waals surface area contributed by atoms with Crippen molar-refractivity contribution < 1.29 is 4.79 Å². The molecule has 0 heterocycles. The van der Waals surface area contributed by atoms with Crippen LogP contribution in [0.3, 0.4) is 0 Å². The number of alkyl halides is 3. The standard InChI is InChI=1S/C24H19Cl3N4OS/c25-24(26,27)22(31-23(33)29-19-13-7-8-16(14-19)15-28)30-21(32)20(17-9-3-1-4-10-17)18-11-5-2-6-12-18/h1-14,20,22H,(H,30,32)(H2,29,31,33). The van der Waals surface area contributed by atoms with Gasteiger partial charge in [-0.15, -0.1) is 0 Å². The minimum atomic E-state index is -1.91. The van der Waals surface area contributed by atoms with E-state index in [9.17, 15) is 4.79 Å². The van der Waals surface area contributed by atoms with Crippen LogP contribution in [-0.4, -0.2) is 21.0 Å². The van der Waals surface area contributed by atoms with E-state index in [1.54, 1.807) is 24.3 Å². The monoisotopic (exact) mass is 516 g/mol. The first-order valence-electron chi connectivity index (χ1n) is 9.82. The second-order valence-electron chi connectivity index (χ2n) is 7.03. The SMILES string of the molecule is N#Cc1cccc(NC(=S)NC(NC(=O)C(c2ccccc2)c2ccccc2)C(Cl)(Cl)Cl)c1. The Balaban J connectivity index is 1.80. The molecule has 1 amide bonds. The largest absolute Gasteiger partial charge is 0.339 e. The highest BCUT2D eigenvalue weighted by Gasteiger charge is 2.36. The molecule has 168 valence electrons. The summed E-state index contributed by atoms with van der Waals surface area (Å²) in [6, 6.07) is 27.4. The second-order valence-corrected chi connectivity index (χ2v) is 9.81. The van der Waals surface area contributed by atoms with Crippen LogP contribution >= 0.6 is 47.0 Å². The summed E-state index contributed by atoms with van der Waals surface area (Å²) in [6.07, 6.45) is -1.14. The van der Waals surface area contributed by atoms with Gasteiger partial charge in [-0.25, -0.2) is 0 Å². The van der Waals surface area contributed by atoms with Gasteiger partial charge in [-0.1, -0.05) is 102 Å². The predicted molar refractivity (Wildman–Crippen MR) is 137 cm³/mol. The number of benzene rings is 3. The number of halogens is 3. The summed E-state index contributed by atoms with van der Waals surface area (Å²) in [4.78, 5) is 13.4. The molecule has 0 radical (unpaired) electrons. The predicted octanol–water partition coefficient (Wildman–Crippen LogP) is 5.49. The van der Waals surface area contributed by atoms with Gasteiger partial charge in [-0.05, 0) is 41.5 Å². The number of nitriles is 1. The number of thiocarbonyl (C=S) groups is 1. The van der Waals surface area contributed by atoms with E-state index in [0.29, 0.717) is 11.3 Å². The van der Waals surface area contributed by atoms with Crippen molar-refractivity contribution in [1.82, 2.24) is 10.6 Å². The van der Waals surface area contributed by atoms with Gasteiger partial charge in [-0.2, -0.15) is 5.26 Å². The lowest BCUT2D eigenvalue weighted by Gasteiger charge is -2.29. The third-order valence-corrected chi connectivity index (χ3v) is 5.54. The maximum absolute atomic E-state index is 13.4. The Morgan fingerprint density at radius 1 is 0.879 bits per heavy atom. The summed E-state index contributed by atoms with van der Waals surface area (Å²) < 4.78 is -1.91. The number of carbonyl (C=O) groups excluding carboxylic acids is 1. The third kappa shape index (κ3) is 7.08. The average Bonchev–Trinajstić information content (AvgIpc) is 2.80. The Bertz CT molecular complexity index is 1110. The average molecular weight is 518 g/mol. The molecule has 33 heavy (non-hydrogen) atoms. The van der Waals surface area contributed by atoms with Gasteiger partial charge >= 0.3 is 0 Å². The molecule has 0 aromatic heterocycles. The highest BCUT2D eigenvalue weighted by Crippen LogP contribution is 2.31. The Hall–Kier alpha value is -2.82. The van der Waals surface area contributed by atoms with E-state index in [2.05, 4.69) is 22.0 Å². The smallest absolute Gasteiger partial charge is 0.233 e. The summed E-state index contributed by atoms with van der Waals surface area (Å²) in [5.74, 6) is -0.997. The second kappa shape index (κ2) is 11.4. The Labute approximate surface area is 212 Å². The molecule has 0 aliphatic heterocycles. The first-order chi connectivity index (χ1) is 15.8. The molecular formula is C24H19Cl3N4OS. The Morgan fingerprint density at radius 2 is 1.45 bits per heavy atom. The van der Waals surface area contributed by atoms with E-state index in [-0.39, 0.29) is 11.0 Å². The topological polar surface area (TPSA) is 77.0 Å². The van der Waals surface area contributed by atoms with Crippen molar-refractivity contribution in [1.29, 1.82) is 5.26 Å². The number of hydrogen-bond acceptors (Lipinski definition) is 3. The van der Waals surface area contributed by atoms with Crippen molar-refractivity contribution in [3.63, 3.8) is 0 Å². The van der Waals surface area contributed by atoms with Gasteiger partial charge < -0.3 is 16.0 Å². The van der Waals surface area contributed by atoms with Gasteiger partial charge in [0.15, 0.2) is 5.11 Å². The van der Waals surface area contributed by atoms with Gasteiger partial charge in [-0.3, -0.25) is 4.79 Å². The van der Waals surface area contributed by atoms with Crippen LogP contribution < -0.4 is 16.0 Å². The molecule has 1 unspecified atom stereocenters. The summed E-state index contributed by atoms with van der Waals surface area (Å²) >= 11 is 23.8. The fraction of sp³-hybridized carbons (Fsp3) is 0.125. The summed E-state index contributed by atoms with van der Waals surface area (Å²) in [7, 11) is 0. The summed E-state index contributed by atoms with van der Waals surface area (Å²) in [5, 5.41) is 17.7. The van der Waals surface area contributed by atoms with Crippen LogP contribution in [0.2, 0.25) is 0 Å². The van der Waals surface area contributed by atoms with Crippen LogP contribution in [0, 0.1) is 11.3 Å². The van der Waals surface area contributed by atoms with Gasteiger partial charge in [0.1, 0.15) is 6.17 Å². The lowest BCUT2D eigenvalue weighted by atomic mass is 9.90. The Morgan fingerprint density at radius 3 is 1.97 bits per heavy atom. The number of carbonyl (C=O) groups is 1. The molecule has 3 rings (SSSR count). The van der Waals surface area contributed by atoms with E-state index in [1.165, 1.54) is 0 Å². The van der Waals surface area contributed by atoms with E-state index in [0.717, 1.165) is 11.1 Å². The van der Waals surface area contributed by atoms with Crippen LogP contribution in [-0.2, 0) is 4.79 Å². The minimum Gasteiger partial charge on any atom is -0.339 e. The van der Waals surface area contributed by atoms with Crippen molar-refractivity contribution in [2.75, 3.05) is 5.32 Å². The summed E-state index contributed by atoms with van der Waals surface area (Å²) in [6.45, 7) is 0. The van der Waals surface area contributed by atoms with Gasteiger partial charge in [0.05, 0.1) is 17.6 Å². The molecule has 5 nitrogen and oxygen atoms in total. The lowest BCUT2D eigenvalue weighted by molar-refractivity contribution is -0.122. The van der Waals surface area contributed by atoms with Gasteiger partial charge in [0, 0.05) is 5.69 Å². The van der Waals surface area contributed by atoms with Crippen molar-refractivity contribution in [2.45, 2.75) is 15.9 Å². The third-order valence-electron chi connectivity index (χ3n) is 4.67. The number of nitrogens with zero attached hydrogens (tertiary/aromatic N) is 1. The van der Waals surface area contributed by atoms with E-state index in [1.807, 2.05) is 60.7 Å². The quantitative estimate of drug-likeness (QED) is 0.229. The Kier molecular flexibility index (Phi) is 8.54.